The number of hydrogen-bond donors (Lipinski definition) is 1. The summed E-state index contributed by atoms with van der Waals surface area (Å²) in [6.45, 7) is 7.97. The van der Waals surface area contributed by atoms with Gasteiger partial charge in [-0.25, -0.2) is 9.68 Å². The van der Waals surface area contributed by atoms with Crippen molar-refractivity contribution in [3.8, 4) is 5.75 Å². The summed E-state index contributed by atoms with van der Waals surface area (Å²) in [6, 6.07) is 4.34. The molecule has 0 spiro atoms. The van der Waals surface area contributed by atoms with Crippen LogP contribution in [0.2, 0.25) is 10.0 Å². The molecule has 3 atom stereocenters. The third kappa shape index (κ3) is 4.56. The Morgan fingerprint density at radius 2 is 1.96 bits per heavy atom. The third-order valence-corrected chi connectivity index (χ3v) is 5.27. The molecule has 2 N–H and O–H groups in total. The molecule has 1 aromatic rings. The number of nitrogens with two attached hydrogens (primary N) is 1. The standard InChI is InChI=1S/C18H27Cl2NO3/c1-5-8-13(6-2)18(7-3,12(4)21)17(22)24-23-16-10-9-14(19)11-15(16)20/h9-13H,5-8,21H2,1-4H3. The van der Waals surface area contributed by atoms with E-state index in [1.807, 2.05) is 13.8 Å². The molecule has 0 aliphatic carbocycles. The summed E-state index contributed by atoms with van der Waals surface area (Å²) in [5.41, 5.74) is 5.42. The van der Waals surface area contributed by atoms with Crippen LogP contribution in [-0.4, -0.2) is 12.0 Å². The van der Waals surface area contributed by atoms with E-state index in [0.29, 0.717) is 11.4 Å². The second kappa shape index (κ2) is 9.50. The summed E-state index contributed by atoms with van der Waals surface area (Å²) in [5.74, 6) is -0.0803. The highest BCUT2D eigenvalue weighted by Crippen LogP contribution is 2.41. The van der Waals surface area contributed by atoms with Gasteiger partial charge in [0.1, 0.15) is 0 Å². The van der Waals surface area contributed by atoms with Crippen LogP contribution in [0.15, 0.2) is 18.2 Å². The maximum Gasteiger partial charge on any atom is 0.363 e. The van der Waals surface area contributed by atoms with Crippen LogP contribution in [-0.2, 0) is 9.68 Å². The molecule has 1 aromatic carbocycles. The molecule has 0 aromatic heterocycles. The second-order valence-corrected chi connectivity index (χ2v) is 6.95. The summed E-state index contributed by atoms with van der Waals surface area (Å²) in [7, 11) is 0. The highest BCUT2D eigenvalue weighted by atomic mass is 35.5. The van der Waals surface area contributed by atoms with Crippen LogP contribution in [0.4, 0.5) is 0 Å². The van der Waals surface area contributed by atoms with Gasteiger partial charge in [-0.2, -0.15) is 0 Å². The first kappa shape index (κ1) is 21.1. The van der Waals surface area contributed by atoms with Crippen molar-refractivity contribution >= 4 is 29.2 Å². The molecule has 0 aliphatic heterocycles. The van der Waals surface area contributed by atoms with Gasteiger partial charge in [0.05, 0.1) is 10.4 Å². The van der Waals surface area contributed by atoms with Gasteiger partial charge < -0.3 is 5.73 Å². The van der Waals surface area contributed by atoms with Crippen molar-refractivity contribution in [2.24, 2.45) is 17.1 Å². The van der Waals surface area contributed by atoms with Gasteiger partial charge in [0.25, 0.3) is 0 Å². The van der Waals surface area contributed by atoms with Gasteiger partial charge in [0.15, 0.2) is 5.75 Å². The zero-order chi connectivity index (χ0) is 18.3. The predicted molar refractivity (Wildman–Crippen MR) is 98.2 cm³/mol. The van der Waals surface area contributed by atoms with Crippen molar-refractivity contribution in [2.75, 3.05) is 0 Å². The SMILES string of the molecule is CCCC(CC)C(CC)(C(=O)OOc1ccc(Cl)cc1Cl)C(C)N. The molecule has 0 fully saturated rings. The van der Waals surface area contributed by atoms with Crippen LogP contribution in [0, 0.1) is 11.3 Å². The quantitative estimate of drug-likeness (QED) is 0.463. The number of hydrogen-bond acceptors (Lipinski definition) is 4. The zero-order valence-electron chi connectivity index (χ0n) is 14.8. The third-order valence-electron chi connectivity index (χ3n) is 4.74. The van der Waals surface area contributed by atoms with E-state index in [1.165, 1.54) is 6.07 Å². The molecule has 0 amide bonds. The lowest BCUT2D eigenvalue weighted by Gasteiger charge is -2.40. The minimum absolute atomic E-state index is 0.129. The van der Waals surface area contributed by atoms with E-state index in [1.54, 1.807) is 12.1 Å². The van der Waals surface area contributed by atoms with Crippen LogP contribution >= 0.6 is 23.2 Å². The average Bonchev–Trinajstić information content (AvgIpc) is 2.53. The van der Waals surface area contributed by atoms with Crippen molar-refractivity contribution in [1.82, 2.24) is 0 Å². The van der Waals surface area contributed by atoms with Crippen LogP contribution < -0.4 is 10.6 Å². The van der Waals surface area contributed by atoms with Gasteiger partial charge in [-0.3, -0.25) is 4.89 Å². The highest BCUT2D eigenvalue weighted by Gasteiger charge is 2.48. The Balaban J connectivity index is 3.00. The monoisotopic (exact) mass is 375 g/mol. The van der Waals surface area contributed by atoms with Crippen molar-refractivity contribution in [2.45, 2.75) is 59.4 Å². The molecule has 0 saturated heterocycles. The molecule has 3 unspecified atom stereocenters. The molecule has 0 bridgehead atoms. The fraction of sp³-hybridized carbons (Fsp3) is 0.611. The Labute approximate surface area is 154 Å². The first-order chi connectivity index (χ1) is 11.3. The second-order valence-electron chi connectivity index (χ2n) is 6.11. The Hall–Kier alpha value is -0.970. The Morgan fingerprint density at radius 3 is 2.42 bits per heavy atom. The molecular formula is C18H27Cl2NO3. The van der Waals surface area contributed by atoms with E-state index in [-0.39, 0.29) is 22.7 Å². The first-order valence-electron chi connectivity index (χ1n) is 8.42. The predicted octanol–water partition coefficient (Wildman–Crippen LogP) is 5.40. The maximum atomic E-state index is 12.9. The van der Waals surface area contributed by atoms with E-state index in [2.05, 4.69) is 13.8 Å². The topological polar surface area (TPSA) is 61.5 Å². The van der Waals surface area contributed by atoms with Gasteiger partial charge in [0, 0.05) is 11.1 Å². The Morgan fingerprint density at radius 1 is 1.29 bits per heavy atom. The summed E-state index contributed by atoms with van der Waals surface area (Å²) in [5, 5.41) is 0.755. The lowest BCUT2D eigenvalue weighted by Crippen LogP contribution is -2.51. The van der Waals surface area contributed by atoms with E-state index in [0.717, 1.165) is 19.3 Å². The molecule has 0 heterocycles. The normalized spacial score (nSPS) is 16.1. The van der Waals surface area contributed by atoms with Gasteiger partial charge >= 0.3 is 5.97 Å². The van der Waals surface area contributed by atoms with E-state index in [4.69, 9.17) is 38.7 Å². The maximum absolute atomic E-state index is 12.9. The largest absolute Gasteiger partial charge is 0.363 e. The fourth-order valence-corrected chi connectivity index (χ4v) is 3.80. The zero-order valence-corrected chi connectivity index (χ0v) is 16.3. The molecule has 24 heavy (non-hydrogen) atoms. The van der Waals surface area contributed by atoms with Gasteiger partial charge in [0.2, 0.25) is 0 Å². The number of carbonyl (C=O) groups excluding carboxylic acids is 1. The molecule has 6 heteroatoms. The minimum atomic E-state index is -0.788. The van der Waals surface area contributed by atoms with Crippen LogP contribution in [0.1, 0.15) is 53.4 Å². The van der Waals surface area contributed by atoms with Gasteiger partial charge in [-0.15, -0.1) is 0 Å². The van der Waals surface area contributed by atoms with Crippen molar-refractivity contribution in [3.63, 3.8) is 0 Å². The van der Waals surface area contributed by atoms with E-state index in [9.17, 15) is 4.79 Å². The molecule has 1 rings (SSSR count). The van der Waals surface area contributed by atoms with Crippen LogP contribution in [0.5, 0.6) is 5.75 Å². The van der Waals surface area contributed by atoms with E-state index < -0.39 is 11.4 Å². The first-order valence-corrected chi connectivity index (χ1v) is 9.18. The van der Waals surface area contributed by atoms with Crippen molar-refractivity contribution < 1.29 is 14.6 Å². The lowest BCUT2D eigenvalue weighted by atomic mass is 9.66. The molecule has 0 aliphatic rings. The molecule has 136 valence electrons. The molecular weight excluding hydrogens is 349 g/mol. The molecule has 0 radical (unpaired) electrons. The molecule has 0 saturated carbocycles. The lowest BCUT2D eigenvalue weighted by molar-refractivity contribution is -0.231. The van der Waals surface area contributed by atoms with Crippen LogP contribution in [0.25, 0.3) is 0 Å². The number of carbonyl (C=O) groups is 1. The number of rotatable bonds is 9. The molecule has 4 nitrogen and oxygen atoms in total. The Kier molecular flexibility index (Phi) is 8.34. The smallest absolute Gasteiger partial charge is 0.327 e. The van der Waals surface area contributed by atoms with Crippen LogP contribution in [0.3, 0.4) is 0 Å². The Bertz CT molecular complexity index is 551. The summed E-state index contributed by atoms with van der Waals surface area (Å²) in [4.78, 5) is 23.2. The van der Waals surface area contributed by atoms with Crippen molar-refractivity contribution in [3.05, 3.63) is 28.2 Å². The fourth-order valence-electron chi connectivity index (χ4n) is 3.36. The highest BCUT2D eigenvalue weighted by molar-refractivity contribution is 6.35. The average molecular weight is 376 g/mol. The number of benzene rings is 1. The minimum Gasteiger partial charge on any atom is -0.327 e. The summed E-state index contributed by atoms with van der Waals surface area (Å²) >= 11 is 11.9. The van der Waals surface area contributed by atoms with E-state index >= 15 is 0 Å². The van der Waals surface area contributed by atoms with Crippen molar-refractivity contribution in [1.29, 1.82) is 0 Å². The number of halogens is 2. The summed E-state index contributed by atoms with van der Waals surface area (Å²) in [6.07, 6.45) is 3.31. The van der Waals surface area contributed by atoms with Gasteiger partial charge in [-0.05, 0) is 43.9 Å². The summed E-state index contributed by atoms with van der Waals surface area (Å²) < 4.78 is 0. The van der Waals surface area contributed by atoms with Gasteiger partial charge in [-0.1, -0.05) is 56.8 Å².